The van der Waals surface area contributed by atoms with Crippen LogP contribution in [-0.4, -0.2) is 51.5 Å². The zero-order valence-electron chi connectivity index (χ0n) is 14.9. The number of piperazine rings is 1. The number of hydrogen-bond acceptors (Lipinski definition) is 6. The van der Waals surface area contributed by atoms with Gasteiger partial charge in [0, 0.05) is 51.0 Å². The highest BCUT2D eigenvalue weighted by Crippen LogP contribution is 2.27. The van der Waals surface area contributed by atoms with Crippen LogP contribution in [0, 0.1) is 18.3 Å². The molecule has 0 saturated carbocycles. The fraction of sp³-hybridized carbons (Fsp3) is 0.263. The number of aryl methyl sites for hydroxylation is 1. The number of anilines is 1. The van der Waals surface area contributed by atoms with E-state index in [9.17, 15) is 10.1 Å². The smallest absolute Gasteiger partial charge is 0.258 e. The van der Waals surface area contributed by atoms with Crippen molar-refractivity contribution in [2.75, 3.05) is 31.1 Å². The van der Waals surface area contributed by atoms with Crippen LogP contribution in [0.3, 0.4) is 0 Å². The Hall–Kier alpha value is -3.60. The molecule has 0 unspecified atom stereocenters. The van der Waals surface area contributed by atoms with Crippen molar-refractivity contribution in [3.8, 4) is 12.0 Å². The summed E-state index contributed by atoms with van der Waals surface area (Å²) in [7, 11) is 0. The second kappa shape index (κ2) is 6.96. The summed E-state index contributed by atoms with van der Waals surface area (Å²) >= 11 is 0. The minimum absolute atomic E-state index is 0.176. The average Bonchev–Trinajstić information content (AvgIpc) is 3.35. The van der Waals surface area contributed by atoms with E-state index < -0.39 is 0 Å². The third kappa shape index (κ3) is 3.04. The van der Waals surface area contributed by atoms with Crippen molar-refractivity contribution in [1.82, 2.24) is 19.4 Å². The zero-order valence-corrected chi connectivity index (χ0v) is 14.9. The van der Waals surface area contributed by atoms with Gasteiger partial charge in [-0.15, -0.1) is 0 Å². The second-order valence-corrected chi connectivity index (χ2v) is 6.26. The van der Waals surface area contributed by atoms with Gasteiger partial charge in [0.15, 0.2) is 0 Å². The number of furan rings is 1. The van der Waals surface area contributed by atoms with Gasteiger partial charge in [-0.05, 0) is 19.1 Å². The Bertz CT molecular complexity index is 979. The van der Waals surface area contributed by atoms with Gasteiger partial charge in [0.05, 0.1) is 6.20 Å². The first kappa shape index (κ1) is 16.8. The van der Waals surface area contributed by atoms with E-state index in [1.165, 1.54) is 0 Å². The number of rotatable bonds is 3. The van der Waals surface area contributed by atoms with E-state index in [4.69, 9.17) is 4.42 Å². The van der Waals surface area contributed by atoms with Crippen LogP contribution < -0.4 is 4.90 Å². The molecule has 1 aliphatic heterocycles. The summed E-state index contributed by atoms with van der Waals surface area (Å²) in [4.78, 5) is 25.3. The lowest BCUT2D eigenvalue weighted by atomic mass is 10.1. The quantitative estimate of drug-likeness (QED) is 0.708. The maximum absolute atomic E-state index is 13.1. The summed E-state index contributed by atoms with van der Waals surface area (Å²) in [5, 5.41) is 9.63. The summed E-state index contributed by atoms with van der Waals surface area (Å²) in [6, 6.07) is 5.82. The third-order valence-electron chi connectivity index (χ3n) is 4.67. The normalized spacial score (nSPS) is 14.2. The molecule has 0 bridgehead atoms. The van der Waals surface area contributed by atoms with E-state index in [-0.39, 0.29) is 11.5 Å². The van der Waals surface area contributed by atoms with Crippen molar-refractivity contribution < 1.29 is 9.21 Å². The van der Waals surface area contributed by atoms with Gasteiger partial charge in [0.25, 0.3) is 5.91 Å². The van der Waals surface area contributed by atoms with Gasteiger partial charge in [-0.25, -0.2) is 4.98 Å². The fourth-order valence-electron chi connectivity index (χ4n) is 3.29. The molecular formula is C19H18N6O2. The molecule has 27 heavy (non-hydrogen) atoms. The topological polar surface area (TPSA) is 91.2 Å². The van der Waals surface area contributed by atoms with Crippen LogP contribution in [0.2, 0.25) is 0 Å². The minimum Gasteiger partial charge on any atom is -0.443 e. The molecule has 8 heteroatoms. The van der Waals surface area contributed by atoms with Crippen molar-refractivity contribution >= 4 is 11.7 Å². The van der Waals surface area contributed by atoms with Crippen LogP contribution in [0.4, 0.5) is 5.82 Å². The fourth-order valence-corrected chi connectivity index (χ4v) is 3.29. The number of nitrogens with zero attached hydrogens (tertiary/aromatic N) is 6. The highest BCUT2D eigenvalue weighted by atomic mass is 16.4. The molecule has 4 rings (SSSR count). The molecule has 136 valence electrons. The molecule has 0 atom stereocenters. The van der Waals surface area contributed by atoms with Crippen LogP contribution in [-0.2, 0) is 0 Å². The maximum atomic E-state index is 13.1. The molecule has 0 aromatic carbocycles. The van der Waals surface area contributed by atoms with E-state index >= 15 is 0 Å². The van der Waals surface area contributed by atoms with Crippen molar-refractivity contribution in [1.29, 1.82) is 5.26 Å². The Labute approximate surface area is 156 Å². The zero-order chi connectivity index (χ0) is 18.8. The SMILES string of the molecule is Cc1oc(-n2cccc2)c(C#N)c1C(=O)N1CCN(c2cnccn2)CC1. The van der Waals surface area contributed by atoms with Crippen LogP contribution in [0.1, 0.15) is 21.7 Å². The van der Waals surface area contributed by atoms with E-state index in [0.29, 0.717) is 43.4 Å². The highest BCUT2D eigenvalue weighted by Gasteiger charge is 2.30. The second-order valence-electron chi connectivity index (χ2n) is 6.26. The molecule has 3 aromatic rings. The molecular weight excluding hydrogens is 344 g/mol. The van der Waals surface area contributed by atoms with Crippen molar-refractivity contribution in [3.05, 3.63) is 60.0 Å². The van der Waals surface area contributed by atoms with E-state index in [1.807, 2.05) is 12.1 Å². The molecule has 0 N–H and O–H groups in total. The van der Waals surface area contributed by atoms with Gasteiger partial charge in [-0.2, -0.15) is 5.26 Å². The summed E-state index contributed by atoms with van der Waals surface area (Å²) < 4.78 is 7.45. The Kier molecular flexibility index (Phi) is 4.34. The first-order valence-electron chi connectivity index (χ1n) is 8.66. The molecule has 1 aliphatic rings. The molecule has 1 saturated heterocycles. The molecule has 1 amide bonds. The monoisotopic (exact) mass is 362 g/mol. The minimum atomic E-state index is -0.176. The predicted molar refractivity (Wildman–Crippen MR) is 97.6 cm³/mol. The van der Waals surface area contributed by atoms with Crippen LogP contribution >= 0.6 is 0 Å². The van der Waals surface area contributed by atoms with Crippen LogP contribution in [0.5, 0.6) is 0 Å². The Balaban J connectivity index is 1.55. The van der Waals surface area contributed by atoms with E-state index in [0.717, 1.165) is 5.82 Å². The Morgan fingerprint density at radius 2 is 1.93 bits per heavy atom. The van der Waals surface area contributed by atoms with E-state index in [1.54, 1.807) is 47.4 Å². The van der Waals surface area contributed by atoms with E-state index in [2.05, 4.69) is 20.9 Å². The average molecular weight is 362 g/mol. The van der Waals surface area contributed by atoms with Gasteiger partial charge in [-0.1, -0.05) is 0 Å². The van der Waals surface area contributed by atoms with Gasteiger partial charge >= 0.3 is 0 Å². The summed E-state index contributed by atoms with van der Waals surface area (Å²) in [5.74, 6) is 1.46. The van der Waals surface area contributed by atoms with Crippen molar-refractivity contribution in [3.63, 3.8) is 0 Å². The summed E-state index contributed by atoms with van der Waals surface area (Å²) in [5.41, 5.74) is 0.610. The first-order valence-corrected chi connectivity index (χ1v) is 8.66. The Morgan fingerprint density at radius 3 is 2.56 bits per heavy atom. The van der Waals surface area contributed by atoms with Gasteiger partial charge in [0.2, 0.25) is 5.88 Å². The van der Waals surface area contributed by atoms with Gasteiger partial charge in [-0.3, -0.25) is 14.3 Å². The Morgan fingerprint density at radius 1 is 1.19 bits per heavy atom. The number of carbonyl (C=O) groups is 1. The largest absolute Gasteiger partial charge is 0.443 e. The number of hydrogen-bond donors (Lipinski definition) is 0. The molecule has 3 aromatic heterocycles. The number of nitriles is 1. The molecule has 0 spiro atoms. The van der Waals surface area contributed by atoms with Crippen molar-refractivity contribution in [2.24, 2.45) is 0 Å². The molecule has 4 heterocycles. The maximum Gasteiger partial charge on any atom is 0.258 e. The van der Waals surface area contributed by atoms with Crippen LogP contribution in [0.15, 0.2) is 47.5 Å². The lowest BCUT2D eigenvalue weighted by Gasteiger charge is -2.35. The molecule has 0 radical (unpaired) electrons. The summed E-state index contributed by atoms with van der Waals surface area (Å²) in [6.07, 6.45) is 8.58. The number of carbonyl (C=O) groups excluding carboxylic acids is 1. The third-order valence-corrected chi connectivity index (χ3v) is 4.67. The lowest BCUT2D eigenvalue weighted by molar-refractivity contribution is 0.0744. The lowest BCUT2D eigenvalue weighted by Crippen LogP contribution is -2.49. The molecule has 1 fully saturated rings. The first-order chi connectivity index (χ1) is 13.2. The number of amides is 1. The highest BCUT2D eigenvalue weighted by molar-refractivity contribution is 5.98. The molecule has 0 aliphatic carbocycles. The van der Waals surface area contributed by atoms with Crippen molar-refractivity contribution in [2.45, 2.75) is 6.92 Å². The van der Waals surface area contributed by atoms with Gasteiger partial charge in [0.1, 0.15) is 28.8 Å². The van der Waals surface area contributed by atoms with Gasteiger partial charge < -0.3 is 14.2 Å². The predicted octanol–water partition coefficient (Wildman–Crippen LogP) is 2.00. The number of aromatic nitrogens is 3. The molecule has 8 nitrogen and oxygen atoms in total. The standard InChI is InChI=1S/C19H18N6O2/c1-14-17(15(12-20)19(27-14)25-6-2-3-7-25)18(26)24-10-8-23(9-11-24)16-13-21-4-5-22-16/h2-7,13H,8-11H2,1H3. The van der Waals surface area contributed by atoms with Crippen LogP contribution in [0.25, 0.3) is 5.88 Å². The summed E-state index contributed by atoms with van der Waals surface area (Å²) in [6.45, 7) is 4.13.